The van der Waals surface area contributed by atoms with E-state index in [9.17, 15) is 24.3 Å². The summed E-state index contributed by atoms with van der Waals surface area (Å²) in [5.41, 5.74) is 0.663. The molecule has 35 heavy (non-hydrogen) atoms. The second-order valence-electron chi connectivity index (χ2n) is 9.38. The zero-order valence-electron chi connectivity index (χ0n) is 21.3. The van der Waals surface area contributed by atoms with Crippen molar-refractivity contribution >= 4 is 23.6 Å². The van der Waals surface area contributed by atoms with Crippen LogP contribution in [0.5, 0.6) is 0 Å². The fraction of sp³-hybridized carbons (Fsp3) is 0.630. The lowest BCUT2D eigenvalue weighted by molar-refractivity contribution is -0.149. The Morgan fingerprint density at radius 1 is 1.20 bits per heavy atom. The molecule has 2 amide bonds. The van der Waals surface area contributed by atoms with Crippen LogP contribution in [0.3, 0.4) is 0 Å². The number of nitrogens with zero attached hydrogens (tertiary/aromatic N) is 1. The summed E-state index contributed by atoms with van der Waals surface area (Å²) in [5, 5.41) is 10.8. The number of carbonyl (C=O) groups excluding carboxylic acids is 4. The van der Waals surface area contributed by atoms with Crippen molar-refractivity contribution in [2.45, 2.75) is 84.0 Å². The van der Waals surface area contributed by atoms with Crippen LogP contribution >= 0.6 is 0 Å². The molecule has 8 nitrogen and oxygen atoms in total. The van der Waals surface area contributed by atoms with E-state index in [0.717, 1.165) is 0 Å². The molecular weight excluding hydrogens is 450 g/mol. The fourth-order valence-electron chi connectivity index (χ4n) is 4.45. The van der Waals surface area contributed by atoms with Gasteiger partial charge in [-0.25, -0.2) is 4.79 Å². The van der Waals surface area contributed by atoms with Crippen molar-refractivity contribution in [3.63, 3.8) is 0 Å². The molecule has 2 aliphatic rings. The van der Waals surface area contributed by atoms with Gasteiger partial charge in [0.25, 0.3) is 0 Å². The van der Waals surface area contributed by atoms with E-state index in [2.05, 4.69) is 0 Å². The highest BCUT2D eigenvalue weighted by atomic mass is 16.5. The zero-order chi connectivity index (χ0) is 26.0. The summed E-state index contributed by atoms with van der Waals surface area (Å²) in [6, 6.07) is 0. The van der Waals surface area contributed by atoms with Crippen LogP contribution in [0.2, 0.25) is 0 Å². The summed E-state index contributed by atoms with van der Waals surface area (Å²) >= 11 is 0. The van der Waals surface area contributed by atoms with E-state index in [0.29, 0.717) is 44.1 Å². The molecule has 2 aliphatic heterocycles. The standard InChI is InChI=1S/C27H39NO7/c1-18-17-19(2)27(35-25(32)15-8-6-5-7-12-22(34-4)26(18)33)20(3)21(29)11-10-16-28-23(30)13-9-14-24(28)31/h7-8,12,15,17-18,20,22,26-27,33H,5-6,9-11,13-14,16H2,1-4H3/b12-7+,15-8+,19-17-/t18-,20-,22+,26+,27?/m1/s1. The van der Waals surface area contributed by atoms with Gasteiger partial charge in [0.1, 0.15) is 18.0 Å². The van der Waals surface area contributed by atoms with Gasteiger partial charge in [-0.3, -0.25) is 19.3 Å². The van der Waals surface area contributed by atoms with Crippen LogP contribution in [0, 0.1) is 11.8 Å². The van der Waals surface area contributed by atoms with Gasteiger partial charge in [0.15, 0.2) is 0 Å². The van der Waals surface area contributed by atoms with Crippen LogP contribution in [0.4, 0.5) is 0 Å². The minimum Gasteiger partial charge on any atom is -0.454 e. The minimum atomic E-state index is -0.813. The van der Waals surface area contributed by atoms with Crippen LogP contribution in [0.15, 0.2) is 36.0 Å². The molecule has 5 atom stereocenters. The molecule has 1 N–H and O–H groups in total. The molecule has 0 spiro atoms. The van der Waals surface area contributed by atoms with Crippen LogP contribution in [-0.2, 0) is 28.7 Å². The predicted octanol–water partition coefficient (Wildman–Crippen LogP) is 3.29. The molecule has 1 fully saturated rings. The number of ketones is 1. The maximum absolute atomic E-state index is 13.0. The van der Waals surface area contributed by atoms with Crippen LogP contribution in [-0.4, -0.2) is 65.5 Å². The topological polar surface area (TPSA) is 110 Å². The van der Waals surface area contributed by atoms with Crippen molar-refractivity contribution in [2.24, 2.45) is 11.8 Å². The molecule has 8 heteroatoms. The van der Waals surface area contributed by atoms with E-state index in [-0.39, 0.29) is 36.5 Å². The molecule has 2 heterocycles. The highest BCUT2D eigenvalue weighted by Crippen LogP contribution is 2.24. The first kappa shape index (κ1) is 28.7. The lowest BCUT2D eigenvalue weighted by Crippen LogP contribution is -2.41. The zero-order valence-corrected chi connectivity index (χ0v) is 21.3. The van der Waals surface area contributed by atoms with Crippen molar-refractivity contribution < 1.29 is 33.8 Å². The van der Waals surface area contributed by atoms with Gasteiger partial charge in [-0.2, -0.15) is 0 Å². The van der Waals surface area contributed by atoms with Crippen molar-refractivity contribution in [3.05, 3.63) is 36.0 Å². The first-order valence-corrected chi connectivity index (χ1v) is 12.4. The normalized spacial score (nSPS) is 31.1. The summed E-state index contributed by atoms with van der Waals surface area (Å²) in [6.07, 6.45) is 9.65. The van der Waals surface area contributed by atoms with E-state index >= 15 is 0 Å². The first-order valence-electron chi connectivity index (χ1n) is 12.4. The molecule has 1 saturated heterocycles. The number of Topliss-reactive ketones (excluding diaryl/α,β-unsaturated/α-hetero) is 1. The number of aliphatic hydroxyl groups is 1. The maximum Gasteiger partial charge on any atom is 0.331 e. The summed E-state index contributed by atoms with van der Waals surface area (Å²) in [4.78, 5) is 50.7. The number of hydrogen-bond donors (Lipinski definition) is 1. The number of aliphatic hydroxyl groups excluding tert-OH is 1. The molecule has 0 aromatic rings. The molecule has 0 aromatic heterocycles. The monoisotopic (exact) mass is 489 g/mol. The Hall–Kier alpha value is -2.58. The number of amides is 2. The van der Waals surface area contributed by atoms with E-state index in [1.165, 1.54) is 11.0 Å². The summed E-state index contributed by atoms with van der Waals surface area (Å²) in [7, 11) is 1.54. The molecule has 0 saturated carbocycles. The number of piperidine rings is 1. The number of rotatable bonds is 7. The number of hydrogen-bond acceptors (Lipinski definition) is 7. The third-order valence-corrected chi connectivity index (χ3v) is 6.60. The second kappa shape index (κ2) is 14.1. The molecule has 0 radical (unpaired) electrons. The van der Waals surface area contributed by atoms with Gasteiger partial charge >= 0.3 is 5.97 Å². The SMILES string of the molecule is CO[C@H]1/C=C/CC/C=C/C(=O)OC([C@H](C)C(=O)CCCN2C(=O)CCCC2=O)/C(C)=C\[C@@H](C)[C@@H]1O. The Balaban J connectivity index is 2.14. The molecule has 0 aliphatic carbocycles. The van der Waals surface area contributed by atoms with Crippen molar-refractivity contribution in [1.29, 1.82) is 0 Å². The first-order chi connectivity index (χ1) is 16.6. The van der Waals surface area contributed by atoms with Gasteiger partial charge in [0, 0.05) is 44.9 Å². The van der Waals surface area contributed by atoms with Crippen LogP contribution < -0.4 is 0 Å². The van der Waals surface area contributed by atoms with E-state index in [1.54, 1.807) is 27.0 Å². The van der Waals surface area contributed by atoms with E-state index in [1.807, 2.05) is 25.2 Å². The summed E-state index contributed by atoms with van der Waals surface area (Å²) in [6.45, 7) is 5.55. The Bertz CT molecular complexity index is 844. The van der Waals surface area contributed by atoms with Gasteiger partial charge in [0.2, 0.25) is 11.8 Å². The number of carbonyl (C=O) groups is 4. The number of allylic oxidation sites excluding steroid dienone is 2. The number of imide groups is 1. The second-order valence-corrected chi connectivity index (χ2v) is 9.38. The van der Waals surface area contributed by atoms with Gasteiger partial charge < -0.3 is 14.6 Å². The third kappa shape index (κ3) is 8.54. The number of cyclic esters (lactones) is 1. The number of methoxy groups -OCH3 is 1. The Labute approximate surface area is 208 Å². The van der Waals surface area contributed by atoms with Crippen molar-refractivity contribution in [3.8, 4) is 0 Å². The molecule has 0 aromatic carbocycles. The highest BCUT2D eigenvalue weighted by Gasteiger charge is 2.31. The molecule has 2 rings (SSSR count). The van der Waals surface area contributed by atoms with Crippen LogP contribution in [0.25, 0.3) is 0 Å². The number of ether oxygens (including phenoxy) is 2. The Kier molecular flexibility index (Phi) is 11.5. The maximum atomic E-state index is 13.0. The van der Waals surface area contributed by atoms with E-state index < -0.39 is 30.2 Å². The Morgan fingerprint density at radius 3 is 2.51 bits per heavy atom. The molecule has 194 valence electrons. The van der Waals surface area contributed by atoms with Gasteiger partial charge in [-0.15, -0.1) is 0 Å². The van der Waals surface area contributed by atoms with Crippen molar-refractivity contribution in [1.82, 2.24) is 4.90 Å². The molecule has 0 bridgehead atoms. The summed E-state index contributed by atoms with van der Waals surface area (Å²) < 4.78 is 11.1. The minimum absolute atomic E-state index is 0.122. The fourth-order valence-corrected chi connectivity index (χ4v) is 4.45. The lowest BCUT2D eigenvalue weighted by atomic mass is 9.88. The highest BCUT2D eigenvalue weighted by molar-refractivity contribution is 5.97. The van der Waals surface area contributed by atoms with Crippen molar-refractivity contribution in [2.75, 3.05) is 13.7 Å². The number of esters is 1. The summed E-state index contributed by atoms with van der Waals surface area (Å²) in [5.74, 6) is -1.98. The smallest absolute Gasteiger partial charge is 0.331 e. The predicted molar refractivity (Wildman–Crippen MR) is 131 cm³/mol. The molecular formula is C27H39NO7. The largest absolute Gasteiger partial charge is 0.454 e. The average molecular weight is 490 g/mol. The van der Waals surface area contributed by atoms with Gasteiger partial charge in [0.05, 0.1) is 12.0 Å². The van der Waals surface area contributed by atoms with Gasteiger partial charge in [-0.1, -0.05) is 38.2 Å². The van der Waals surface area contributed by atoms with E-state index in [4.69, 9.17) is 9.47 Å². The quantitative estimate of drug-likeness (QED) is 0.332. The van der Waals surface area contributed by atoms with Gasteiger partial charge in [-0.05, 0) is 38.2 Å². The average Bonchev–Trinajstić information content (AvgIpc) is 2.82. The lowest BCUT2D eigenvalue weighted by Gasteiger charge is -2.28. The number of likely N-dealkylation sites (tertiary alicyclic amines) is 1. The third-order valence-electron chi connectivity index (χ3n) is 6.60. The Morgan fingerprint density at radius 2 is 1.86 bits per heavy atom. The van der Waals surface area contributed by atoms with Crippen LogP contribution in [0.1, 0.15) is 65.7 Å². The molecule has 1 unspecified atom stereocenters.